The lowest BCUT2D eigenvalue weighted by atomic mass is 9.98. The number of aromatic nitrogens is 2. The molecule has 4 heteroatoms. The average Bonchev–Trinajstić information content (AvgIpc) is 2.83. The third-order valence-corrected chi connectivity index (χ3v) is 3.10. The van der Waals surface area contributed by atoms with E-state index in [0.717, 1.165) is 12.8 Å². The Hall–Kier alpha value is -1.32. The SMILES string of the molecule is CC(C(=O)OC1CCCCC1)n1cccn1. The summed E-state index contributed by atoms with van der Waals surface area (Å²) in [6.45, 7) is 1.82. The number of ether oxygens (including phenoxy) is 1. The lowest BCUT2D eigenvalue weighted by molar-refractivity contribution is -0.154. The maximum atomic E-state index is 11.8. The molecule has 1 unspecified atom stereocenters. The lowest BCUT2D eigenvalue weighted by Gasteiger charge is -2.23. The highest BCUT2D eigenvalue weighted by Gasteiger charge is 2.22. The van der Waals surface area contributed by atoms with Gasteiger partial charge in [0.05, 0.1) is 0 Å². The van der Waals surface area contributed by atoms with Crippen LogP contribution in [-0.2, 0) is 9.53 Å². The molecule has 1 atom stereocenters. The third kappa shape index (κ3) is 2.62. The Morgan fingerprint density at radius 2 is 2.19 bits per heavy atom. The summed E-state index contributed by atoms with van der Waals surface area (Å²) >= 11 is 0. The fraction of sp³-hybridized carbons (Fsp3) is 0.667. The second-order valence-corrected chi connectivity index (χ2v) is 4.36. The maximum Gasteiger partial charge on any atom is 0.330 e. The first-order valence-corrected chi connectivity index (χ1v) is 5.97. The summed E-state index contributed by atoms with van der Waals surface area (Å²) in [5.41, 5.74) is 0. The lowest BCUT2D eigenvalue weighted by Crippen LogP contribution is -2.26. The highest BCUT2D eigenvalue weighted by molar-refractivity contribution is 5.73. The number of hydrogen-bond acceptors (Lipinski definition) is 3. The molecule has 0 N–H and O–H groups in total. The molecule has 0 radical (unpaired) electrons. The van der Waals surface area contributed by atoms with Crippen molar-refractivity contribution in [1.82, 2.24) is 9.78 Å². The van der Waals surface area contributed by atoms with Crippen LogP contribution in [0, 0.1) is 0 Å². The number of esters is 1. The molecule has 88 valence electrons. The van der Waals surface area contributed by atoms with Crippen LogP contribution in [0.25, 0.3) is 0 Å². The Bertz CT molecular complexity index is 329. The van der Waals surface area contributed by atoms with Gasteiger partial charge in [-0.05, 0) is 38.7 Å². The van der Waals surface area contributed by atoms with Crippen LogP contribution in [-0.4, -0.2) is 21.9 Å². The summed E-state index contributed by atoms with van der Waals surface area (Å²) in [5.74, 6) is -0.171. The molecule has 4 nitrogen and oxygen atoms in total. The van der Waals surface area contributed by atoms with E-state index in [1.165, 1.54) is 19.3 Å². The molecule has 0 bridgehead atoms. The Morgan fingerprint density at radius 1 is 1.44 bits per heavy atom. The molecule has 0 aromatic carbocycles. The van der Waals surface area contributed by atoms with Crippen LogP contribution < -0.4 is 0 Å². The zero-order valence-corrected chi connectivity index (χ0v) is 9.63. The van der Waals surface area contributed by atoms with Crippen molar-refractivity contribution < 1.29 is 9.53 Å². The summed E-state index contributed by atoms with van der Waals surface area (Å²) in [6, 6.07) is 1.49. The quantitative estimate of drug-likeness (QED) is 0.737. The molecule has 1 aromatic heterocycles. The van der Waals surface area contributed by atoms with Gasteiger partial charge in [0, 0.05) is 12.4 Å². The summed E-state index contributed by atoms with van der Waals surface area (Å²) in [7, 11) is 0. The summed E-state index contributed by atoms with van der Waals surface area (Å²) in [4.78, 5) is 11.8. The smallest absolute Gasteiger partial charge is 0.330 e. The molecule has 1 saturated carbocycles. The zero-order valence-electron chi connectivity index (χ0n) is 9.63. The predicted octanol–water partition coefficient (Wildman–Crippen LogP) is 2.32. The average molecular weight is 222 g/mol. The molecule has 16 heavy (non-hydrogen) atoms. The van der Waals surface area contributed by atoms with E-state index >= 15 is 0 Å². The first-order chi connectivity index (χ1) is 7.77. The van der Waals surface area contributed by atoms with Gasteiger partial charge >= 0.3 is 5.97 Å². The molecule has 0 spiro atoms. The summed E-state index contributed by atoms with van der Waals surface area (Å²) in [5, 5.41) is 4.05. The standard InChI is InChI=1S/C12H18N2O2/c1-10(14-9-5-8-13-14)12(15)16-11-6-3-2-4-7-11/h5,8-11H,2-4,6-7H2,1H3. The van der Waals surface area contributed by atoms with Gasteiger partial charge in [-0.1, -0.05) is 6.42 Å². The zero-order chi connectivity index (χ0) is 11.4. The second kappa shape index (κ2) is 5.14. The van der Waals surface area contributed by atoms with Gasteiger partial charge in [-0.25, -0.2) is 4.79 Å². The number of carbonyl (C=O) groups is 1. The normalized spacial score (nSPS) is 19.3. The van der Waals surface area contributed by atoms with Crippen LogP contribution >= 0.6 is 0 Å². The van der Waals surface area contributed by atoms with Gasteiger partial charge in [-0.15, -0.1) is 0 Å². The van der Waals surface area contributed by atoms with Crippen molar-refractivity contribution in [2.45, 2.75) is 51.2 Å². The summed E-state index contributed by atoms with van der Waals surface area (Å²) < 4.78 is 7.11. The molecule has 2 rings (SSSR count). The molecule has 1 aromatic rings. The van der Waals surface area contributed by atoms with Crippen LogP contribution in [0.1, 0.15) is 45.1 Å². The van der Waals surface area contributed by atoms with Gasteiger partial charge in [0.2, 0.25) is 0 Å². The molecule has 1 heterocycles. The van der Waals surface area contributed by atoms with E-state index < -0.39 is 0 Å². The minimum atomic E-state index is -0.322. The number of rotatable bonds is 3. The van der Waals surface area contributed by atoms with Gasteiger partial charge in [0.1, 0.15) is 12.1 Å². The fourth-order valence-electron chi connectivity index (χ4n) is 2.06. The van der Waals surface area contributed by atoms with E-state index in [1.54, 1.807) is 17.1 Å². The van der Waals surface area contributed by atoms with Crippen LogP contribution in [0.3, 0.4) is 0 Å². The molecule has 0 saturated heterocycles. The van der Waals surface area contributed by atoms with E-state index in [-0.39, 0.29) is 18.1 Å². The van der Waals surface area contributed by atoms with Gasteiger partial charge in [-0.3, -0.25) is 4.68 Å². The molecule has 1 aliphatic rings. The first kappa shape index (κ1) is 11.2. The summed E-state index contributed by atoms with van der Waals surface area (Å²) in [6.07, 6.45) is 9.22. The van der Waals surface area contributed by atoms with E-state index in [1.807, 2.05) is 13.0 Å². The Morgan fingerprint density at radius 3 is 2.81 bits per heavy atom. The second-order valence-electron chi connectivity index (χ2n) is 4.36. The molecular weight excluding hydrogens is 204 g/mol. The Kier molecular flexibility index (Phi) is 3.59. The molecule has 0 aliphatic heterocycles. The Labute approximate surface area is 95.6 Å². The molecule has 0 amide bonds. The first-order valence-electron chi connectivity index (χ1n) is 5.97. The fourth-order valence-corrected chi connectivity index (χ4v) is 2.06. The largest absolute Gasteiger partial charge is 0.461 e. The van der Waals surface area contributed by atoms with Crippen molar-refractivity contribution >= 4 is 5.97 Å². The monoisotopic (exact) mass is 222 g/mol. The van der Waals surface area contributed by atoms with Gasteiger partial charge < -0.3 is 4.74 Å². The third-order valence-electron chi connectivity index (χ3n) is 3.10. The molecule has 1 aliphatic carbocycles. The van der Waals surface area contributed by atoms with Crippen molar-refractivity contribution in [3.63, 3.8) is 0 Å². The van der Waals surface area contributed by atoms with E-state index in [2.05, 4.69) is 5.10 Å². The van der Waals surface area contributed by atoms with Crippen molar-refractivity contribution in [1.29, 1.82) is 0 Å². The topological polar surface area (TPSA) is 44.1 Å². The van der Waals surface area contributed by atoms with Crippen molar-refractivity contribution in [3.05, 3.63) is 18.5 Å². The van der Waals surface area contributed by atoms with Crippen LogP contribution in [0.15, 0.2) is 18.5 Å². The minimum Gasteiger partial charge on any atom is -0.461 e. The van der Waals surface area contributed by atoms with Crippen molar-refractivity contribution in [3.8, 4) is 0 Å². The minimum absolute atomic E-state index is 0.124. The van der Waals surface area contributed by atoms with Crippen LogP contribution in [0.5, 0.6) is 0 Å². The van der Waals surface area contributed by atoms with E-state index in [0.29, 0.717) is 0 Å². The number of carbonyl (C=O) groups excluding carboxylic acids is 1. The molecular formula is C12H18N2O2. The van der Waals surface area contributed by atoms with E-state index in [4.69, 9.17) is 4.74 Å². The van der Waals surface area contributed by atoms with Gasteiger partial charge in [0.25, 0.3) is 0 Å². The van der Waals surface area contributed by atoms with Crippen LogP contribution in [0.2, 0.25) is 0 Å². The predicted molar refractivity (Wildman–Crippen MR) is 59.9 cm³/mol. The number of hydrogen-bond donors (Lipinski definition) is 0. The Balaban J connectivity index is 1.87. The van der Waals surface area contributed by atoms with Crippen molar-refractivity contribution in [2.24, 2.45) is 0 Å². The van der Waals surface area contributed by atoms with Gasteiger partial charge in [0.15, 0.2) is 0 Å². The van der Waals surface area contributed by atoms with E-state index in [9.17, 15) is 4.79 Å². The highest BCUT2D eigenvalue weighted by Crippen LogP contribution is 2.21. The van der Waals surface area contributed by atoms with Crippen LogP contribution in [0.4, 0.5) is 0 Å². The molecule has 1 fully saturated rings. The number of nitrogens with zero attached hydrogens (tertiary/aromatic N) is 2. The maximum absolute atomic E-state index is 11.8. The van der Waals surface area contributed by atoms with Crippen molar-refractivity contribution in [2.75, 3.05) is 0 Å². The van der Waals surface area contributed by atoms with Gasteiger partial charge in [-0.2, -0.15) is 5.10 Å². The highest BCUT2D eigenvalue weighted by atomic mass is 16.5.